The van der Waals surface area contributed by atoms with Gasteiger partial charge in [0.05, 0.1) is 0 Å². The fourth-order valence-electron chi connectivity index (χ4n) is 2.61. The van der Waals surface area contributed by atoms with Crippen molar-refractivity contribution >= 4 is 5.78 Å². The zero-order chi connectivity index (χ0) is 12.5. The Morgan fingerprint density at radius 1 is 1.33 bits per heavy atom. The van der Waals surface area contributed by atoms with Crippen LogP contribution < -0.4 is 0 Å². The molecule has 0 amide bonds. The molecule has 1 aliphatic rings. The lowest BCUT2D eigenvalue weighted by atomic mass is 9.74. The molecule has 1 aliphatic carbocycles. The number of nitrogens with zero attached hydrogens (tertiary/aromatic N) is 1. The summed E-state index contributed by atoms with van der Waals surface area (Å²) in [6.45, 7) is 1.91. The number of carbonyl (C=O) groups is 1. The number of fused-ring (bicyclic) bond motifs is 1. The second-order valence-corrected chi connectivity index (χ2v) is 4.91. The van der Waals surface area contributed by atoms with Gasteiger partial charge in [-0.25, -0.2) is 0 Å². The van der Waals surface area contributed by atoms with Crippen LogP contribution in [0.5, 0.6) is 0 Å². The van der Waals surface area contributed by atoms with Crippen molar-refractivity contribution in [3.8, 4) is 0 Å². The normalized spacial score (nSPS) is 16.8. The van der Waals surface area contributed by atoms with Gasteiger partial charge in [0, 0.05) is 23.9 Å². The van der Waals surface area contributed by atoms with E-state index in [1.165, 1.54) is 11.1 Å². The Bertz CT molecular complexity index is 604. The van der Waals surface area contributed by atoms with Crippen molar-refractivity contribution in [3.05, 3.63) is 65.0 Å². The molecule has 0 aliphatic heterocycles. The number of pyridine rings is 1. The van der Waals surface area contributed by atoms with E-state index in [9.17, 15) is 4.79 Å². The fourth-order valence-corrected chi connectivity index (χ4v) is 2.61. The van der Waals surface area contributed by atoms with E-state index in [1.54, 1.807) is 12.3 Å². The molecule has 1 unspecified atom stereocenters. The summed E-state index contributed by atoms with van der Waals surface area (Å²) in [6, 6.07) is 12.1. The van der Waals surface area contributed by atoms with Gasteiger partial charge in [0.15, 0.2) is 5.78 Å². The summed E-state index contributed by atoms with van der Waals surface area (Å²) >= 11 is 0. The third-order valence-electron chi connectivity index (χ3n) is 3.61. The lowest BCUT2D eigenvalue weighted by molar-refractivity contribution is 0.0970. The van der Waals surface area contributed by atoms with Crippen molar-refractivity contribution in [1.29, 1.82) is 0 Å². The smallest absolute Gasteiger partial charge is 0.163 e. The highest BCUT2D eigenvalue weighted by Crippen LogP contribution is 2.37. The number of benzene rings is 1. The first kappa shape index (κ1) is 11.1. The van der Waals surface area contributed by atoms with Crippen LogP contribution in [0, 0.1) is 6.92 Å². The Morgan fingerprint density at radius 2 is 2.17 bits per heavy atom. The van der Waals surface area contributed by atoms with Crippen LogP contribution in [0.4, 0.5) is 0 Å². The van der Waals surface area contributed by atoms with E-state index in [4.69, 9.17) is 0 Å². The number of aryl methyl sites for hydroxylation is 1. The van der Waals surface area contributed by atoms with Crippen LogP contribution in [-0.2, 0) is 6.42 Å². The Kier molecular flexibility index (Phi) is 2.71. The first-order chi connectivity index (χ1) is 8.74. The lowest BCUT2D eigenvalue weighted by Crippen LogP contribution is -2.20. The van der Waals surface area contributed by atoms with E-state index in [0.29, 0.717) is 12.3 Å². The molecule has 2 aromatic rings. The maximum atomic E-state index is 12.2. The SMILES string of the molecule is Cc1cc(C(=O)CC2Cc3ccccc32)ccn1. The second-order valence-electron chi connectivity index (χ2n) is 4.91. The Morgan fingerprint density at radius 3 is 2.94 bits per heavy atom. The van der Waals surface area contributed by atoms with Crippen molar-refractivity contribution in [2.75, 3.05) is 0 Å². The molecule has 2 nitrogen and oxygen atoms in total. The largest absolute Gasteiger partial charge is 0.294 e. The predicted octanol–water partition coefficient (Wildman–Crippen LogP) is 3.30. The standard InChI is InChI=1S/C16H15NO/c1-11-8-13(6-7-17-11)16(18)10-14-9-12-4-2-3-5-15(12)14/h2-8,14H,9-10H2,1H3. The van der Waals surface area contributed by atoms with Crippen LogP contribution in [0.2, 0.25) is 0 Å². The summed E-state index contributed by atoms with van der Waals surface area (Å²) in [4.78, 5) is 16.3. The summed E-state index contributed by atoms with van der Waals surface area (Å²) in [5.74, 6) is 0.627. The van der Waals surface area contributed by atoms with Gasteiger partial charge in [-0.2, -0.15) is 0 Å². The van der Waals surface area contributed by atoms with Gasteiger partial charge in [0.2, 0.25) is 0 Å². The summed E-state index contributed by atoms with van der Waals surface area (Å²) in [5, 5.41) is 0. The third-order valence-corrected chi connectivity index (χ3v) is 3.61. The Hall–Kier alpha value is -1.96. The van der Waals surface area contributed by atoms with Crippen molar-refractivity contribution in [3.63, 3.8) is 0 Å². The molecule has 1 atom stereocenters. The summed E-state index contributed by atoms with van der Waals surface area (Å²) in [5.41, 5.74) is 4.42. The van der Waals surface area contributed by atoms with E-state index in [2.05, 4.69) is 23.2 Å². The van der Waals surface area contributed by atoms with Crippen molar-refractivity contribution in [2.45, 2.75) is 25.7 Å². The average molecular weight is 237 g/mol. The molecule has 0 N–H and O–H groups in total. The molecule has 0 fully saturated rings. The van der Waals surface area contributed by atoms with Crippen LogP contribution in [0.3, 0.4) is 0 Å². The van der Waals surface area contributed by atoms with Crippen molar-refractivity contribution < 1.29 is 4.79 Å². The van der Waals surface area contributed by atoms with Crippen LogP contribution in [0.25, 0.3) is 0 Å². The molecule has 2 heteroatoms. The van der Waals surface area contributed by atoms with E-state index in [0.717, 1.165) is 17.7 Å². The zero-order valence-electron chi connectivity index (χ0n) is 10.4. The third kappa shape index (κ3) is 1.94. The Balaban J connectivity index is 1.74. The van der Waals surface area contributed by atoms with Crippen molar-refractivity contribution in [1.82, 2.24) is 4.98 Å². The van der Waals surface area contributed by atoms with Gasteiger partial charge < -0.3 is 0 Å². The first-order valence-electron chi connectivity index (χ1n) is 6.27. The Labute approximate surface area is 107 Å². The van der Waals surface area contributed by atoms with Gasteiger partial charge in [0.25, 0.3) is 0 Å². The minimum Gasteiger partial charge on any atom is -0.294 e. The summed E-state index contributed by atoms with van der Waals surface area (Å²) < 4.78 is 0. The lowest BCUT2D eigenvalue weighted by Gasteiger charge is -2.29. The van der Waals surface area contributed by atoms with Crippen LogP contribution in [-0.4, -0.2) is 10.8 Å². The number of hydrogen-bond donors (Lipinski definition) is 0. The van der Waals surface area contributed by atoms with Gasteiger partial charge in [-0.1, -0.05) is 24.3 Å². The topological polar surface area (TPSA) is 30.0 Å². The van der Waals surface area contributed by atoms with Crippen LogP contribution in [0.1, 0.15) is 39.5 Å². The predicted molar refractivity (Wildman–Crippen MR) is 70.8 cm³/mol. The molecule has 18 heavy (non-hydrogen) atoms. The molecule has 0 saturated carbocycles. The molecule has 3 rings (SSSR count). The summed E-state index contributed by atoms with van der Waals surface area (Å²) in [6.07, 6.45) is 3.35. The van der Waals surface area contributed by atoms with Crippen LogP contribution >= 0.6 is 0 Å². The molecule has 1 aromatic carbocycles. The quantitative estimate of drug-likeness (QED) is 0.767. The first-order valence-corrected chi connectivity index (χ1v) is 6.27. The van der Waals surface area contributed by atoms with E-state index >= 15 is 0 Å². The maximum absolute atomic E-state index is 12.2. The van der Waals surface area contributed by atoms with Crippen molar-refractivity contribution in [2.24, 2.45) is 0 Å². The maximum Gasteiger partial charge on any atom is 0.163 e. The molecule has 1 heterocycles. The van der Waals surface area contributed by atoms with Gasteiger partial charge in [-0.15, -0.1) is 0 Å². The highest BCUT2D eigenvalue weighted by Gasteiger charge is 2.27. The molecule has 1 aromatic heterocycles. The second kappa shape index (κ2) is 4.37. The van der Waals surface area contributed by atoms with E-state index in [-0.39, 0.29) is 5.78 Å². The van der Waals surface area contributed by atoms with Crippen LogP contribution in [0.15, 0.2) is 42.6 Å². The number of hydrogen-bond acceptors (Lipinski definition) is 2. The molecule has 0 spiro atoms. The molecular formula is C16H15NO. The molecule has 0 radical (unpaired) electrons. The van der Waals surface area contributed by atoms with Gasteiger partial charge >= 0.3 is 0 Å². The van der Waals surface area contributed by atoms with Gasteiger partial charge in [-0.3, -0.25) is 9.78 Å². The van der Waals surface area contributed by atoms with E-state index < -0.39 is 0 Å². The number of carbonyl (C=O) groups excluding carboxylic acids is 1. The number of ketones is 1. The zero-order valence-corrected chi connectivity index (χ0v) is 10.4. The molecule has 0 bridgehead atoms. The van der Waals surface area contributed by atoms with Gasteiger partial charge in [-0.05, 0) is 42.5 Å². The minimum absolute atomic E-state index is 0.222. The number of aromatic nitrogens is 1. The fraction of sp³-hybridized carbons (Fsp3) is 0.250. The molecule has 0 saturated heterocycles. The number of rotatable bonds is 3. The molecular weight excluding hydrogens is 222 g/mol. The highest BCUT2D eigenvalue weighted by molar-refractivity contribution is 5.96. The van der Waals surface area contributed by atoms with E-state index in [1.807, 2.05) is 19.1 Å². The van der Waals surface area contributed by atoms with Gasteiger partial charge in [0.1, 0.15) is 0 Å². The summed E-state index contributed by atoms with van der Waals surface area (Å²) in [7, 11) is 0. The molecule has 90 valence electrons. The monoisotopic (exact) mass is 237 g/mol. The number of Topliss-reactive ketones (excluding diaryl/α,β-unsaturated/α-hetero) is 1. The minimum atomic E-state index is 0.222. The highest BCUT2D eigenvalue weighted by atomic mass is 16.1. The average Bonchev–Trinajstić information content (AvgIpc) is 2.36.